The van der Waals surface area contributed by atoms with Crippen LogP contribution in [-0.4, -0.2) is 43.7 Å². The number of rotatable bonds is 1. The van der Waals surface area contributed by atoms with Gasteiger partial charge in [-0.05, 0) is 49.8 Å². The summed E-state index contributed by atoms with van der Waals surface area (Å²) < 4.78 is 7.80. The minimum atomic E-state index is -1.23. The molecule has 0 spiro atoms. The van der Waals surface area contributed by atoms with Gasteiger partial charge in [0.1, 0.15) is 11.9 Å². The predicted octanol–water partition coefficient (Wildman–Crippen LogP) is 4.66. The molecule has 0 radical (unpaired) electrons. The number of imidazole rings is 1. The number of hydrogen-bond acceptors (Lipinski definition) is 6. The smallest absolute Gasteiger partial charge is 0.309 e. The molecule has 7 heteroatoms. The third-order valence-corrected chi connectivity index (χ3v) is 7.64. The van der Waals surface area contributed by atoms with Crippen LogP contribution in [0.1, 0.15) is 78.4 Å². The van der Waals surface area contributed by atoms with Crippen LogP contribution in [0.15, 0.2) is 36.2 Å². The molecule has 0 saturated carbocycles. The van der Waals surface area contributed by atoms with E-state index < -0.39 is 35.6 Å². The van der Waals surface area contributed by atoms with Crippen molar-refractivity contribution in [1.82, 2.24) is 9.55 Å². The zero-order valence-corrected chi connectivity index (χ0v) is 21.8. The molecule has 1 aliphatic heterocycles. The van der Waals surface area contributed by atoms with E-state index in [2.05, 4.69) is 18.0 Å². The van der Waals surface area contributed by atoms with Crippen LogP contribution in [0.2, 0.25) is 0 Å². The lowest BCUT2D eigenvalue weighted by atomic mass is 9.73. The molecule has 0 aliphatic carbocycles. The number of ether oxygens (including phenoxy) is 1. The van der Waals surface area contributed by atoms with E-state index >= 15 is 0 Å². The van der Waals surface area contributed by atoms with Crippen molar-refractivity contribution in [1.29, 1.82) is 0 Å². The second-order valence-electron chi connectivity index (χ2n) is 10.8. The number of aryl methyl sites for hydroxylation is 1. The number of cyclic esters (lactones) is 1. The number of nitrogens with zero attached hydrogens (tertiary/aromatic N) is 2. The number of carbonyl (C=O) groups is 2. The van der Waals surface area contributed by atoms with Crippen molar-refractivity contribution < 1.29 is 24.5 Å². The fourth-order valence-corrected chi connectivity index (χ4v) is 4.91. The summed E-state index contributed by atoms with van der Waals surface area (Å²) in [6, 6.07) is 5.84. The first-order chi connectivity index (χ1) is 16.4. The number of aromatic nitrogens is 2. The Morgan fingerprint density at radius 3 is 2.60 bits per heavy atom. The minimum Gasteiger partial charge on any atom is -0.457 e. The van der Waals surface area contributed by atoms with Gasteiger partial charge in [-0.3, -0.25) is 9.59 Å². The molecular formula is C28H40N2O5. The van der Waals surface area contributed by atoms with Gasteiger partial charge in [-0.1, -0.05) is 45.4 Å². The van der Waals surface area contributed by atoms with Crippen LogP contribution in [0.3, 0.4) is 0 Å². The normalized spacial score (nSPS) is 31.1. The highest BCUT2D eigenvalue weighted by Crippen LogP contribution is 2.33. The number of esters is 1. The first-order valence-corrected chi connectivity index (χ1v) is 12.6. The van der Waals surface area contributed by atoms with Crippen molar-refractivity contribution in [3.8, 4) is 0 Å². The standard InChI is InChI=1S/C28H40N2O5/c1-17-8-7-9-18(2)26(33)19(3)27(34)28(4,5)24(31)15-25(32)35-23(13-10-17)20-11-12-22-21(14-20)29-16-30(22)6/h10-12,14,16,18-19,23-24,26,31,33H,7-9,13,15H2,1-6H3/b17-10-/t18?,19?,23-,24?,26-/m0/s1. The van der Waals surface area contributed by atoms with Gasteiger partial charge >= 0.3 is 5.97 Å². The van der Waals surface area contributed by atoms with Gasteiger partial charge in [0.15, 0.2) is 0 Å². The van der Waals surface area contributed by atoms with Crippen molar-refractivity contribution in [2.24, 2.45) is 24.3 Å². The highest BCUT2D eigenvalue weighted by molar-refractivity contribution is 5.88. The number of Topliss-reactive ketones (excluding diaryl/α,β-unsaturated/α-hetero) is 1. The topological polar surface area (TPSA) is 102 Å². The first kappa shape index (κ1) is 27.1. The van der Waals surface area contributed by atoms with Crippen LogP contribution in [0.5, 0.6) is 0 Å². The molecule has 2 N–H and O–H groups in total. The van der Waals surface area contributed by atoms with E-state index in [9.17, 15) is 19.8 Å². The largest absolute Gasteiger partial charge is 0.457 e. The maximum absolute atomic E-state index is 13.2. The number of aliphatic hydroxyl groups excluding tert-OH is 2. The summed E-state index contributed by atoms with van der Waals surface area (Å²) in [5.41, 5.74) is 2.63. The van der Waals surface area contributed by atoms with E-state index in [1.54, 1.807) is 27.1 Å². The molecule has 0 fully saturated rings. The molecule has 0 amide bonds. The van der Waals surface area contributed by atoms with Crippen LogP contribution < -0.4 is 0 Å². The first-order valence-electron chi connectivity index (χ1n) is 12.6. The average molecular weight is 485 g/mol. The van der Waals surface area contributed by atoms with Crippen LogP contribution in [0.25, 0.3) is 11.0 Å². The fraction of sp³-hybridized carbons (Fsp3) is 0.607. The van der Waals surface area contributed by atoms with Crippen molar-refractivity contribution in [3.05, 3.63) is 41.7 Å². The summed E-state index contributed by atoms with van der Waals surface area (Å²) in [5, 5.41) is 21.7. The minimum absolute atomic E-state index is 0.0505. The zero-order valence-electron chi connectivity index (χ0n) is 21.8. The van der Waals surface area contributed by atoms with Gasteiger partial charge in [-0.2, -0.15) is 0 Å². The Balaban J connectivity index is 1.91. The van der Waals surface area contributed by atoms with Gasteiger partial charge in [0.05, 0.1) is 41.4 Å². The zero-order chi connectivity index (χ0) is 25.9. The predicted molar refractivity (Wildman–Crippen MR) is 136 cm³/mol. The van der Waals surface area contributed by atoms with E-state index in [1.807, 2.05) is 36.7 Å². The SMILES string of the molecule is C/C1=C/C[C@@H](c2ccc3c(c2)ncn3C)OC(=O)CC(O)C(C)(C)C(=O)C(C)[C@@H](O)C(C)CCC1. The lowest BCUT2D eigenvalue weighted by Gasteiger charge is -2.34. The summed E-state index contributed by atoms with van der Waals surface area (Å²) in [6.45, 7) is 8.98. The molecule has 192 valence electrons. The Morgan fingerprint density at radius 1 is 1.17 bits per heavy atom. The number of hydrogen-bond donors (Lipinski definition) is 2. The Kier molecular flexibility index (Phi) is 8.54. The Bertz CT molecular complexity index is 1090. The Hall–Kier alpha value is -2.51. The number of carbonyl (C=O) groups excluding carboxylic acids is 2. The molecule has 1 aliphatic rings. The number of fused-ring (bicyclic) bond motifs is 1. The van der Waals surface area contributed by atoms with Crippen molar-refractivity contribution in [2.75, 3.05) is 0 Å². The third-order valence-electron chi connectivity index (χ3n) is 7.64. The quantitative estimate of drug-likeness (QED) is 0.451. The highest BCUT2D eigenvalue weighted by atomic mass is 16.5. The second kappa shape index (κ2) is 11.0. The van der Waals surface area contributed by atoms with Gasteiger partial charge < -0.3 is 19.5 Å². The van der Waals surface area contributed by atoms with Crippen LogP contribution in [-0.2, 0) is 21.4 Å². The van der Waals surface area contributed by atoms with E-state index in [0.29, 0.717) is 6.42 Å². The Morgan fingerprint density at radius 2 is 1.89 bits per heavy atom. The van der Waals surface area contributed by atoms with Crippen molar-refractivity contribution in [2.45, 2.75) is 85.0 Å². The van der Waals surface area contributed by atoms with Crippen LogP contribution >= 0.6 is 0 Å². The molecule has 2 aromatic rings. The maximum atomic E-state index is 13.2. The monoisotopic (exact) mass is 484 g/mol. The van der Waals surface area contributed by atoms with Crippen molar-refractivity contribution >= 4 is 22.8 Å². The number of allylic oxidation sites excluding steroid dienone is 1. The summed E-state index contributed by atoms with van der Waals surface area (Å²) >= 11 is 0. The molecule has 3 rings (SSSR count). The molecule has 7 nitrogen and oxygen atoms in total. The molecule has 1 aromatic carbocycles. The summed E-state index contributed by atoms with van der Waals surface area (Å²) in [4.78, 5) is 30.6. The average Bonchev–Trinajstić information content (AvgIpc) is 3.19. The lowest BCUT2D eigenvalue weighted by molar-refractivity contribution is -0.155. The van der Waals surface area contributed by atoms with E-state index in [0.717, 1.165) is 35.9 Å². The number of aliphatic hydroxyl groups is 2. The number of ketones is 1. The van der Waals surface area contributed by atoms with Gasteiger partial charge in [-0.15, -0.1) is 0 Å². The number of benzene rings is 1. The molecule has 0 bridgehead atoms. The van der Waals surface area contributed by atoms with Gasteiger partial charge in [0.2, 0.25) is 0 Å². The van der Waals surface area contributed by atoms with E-state index in [-0.39, 0.29) is 18.1 Å². The van der Waals surface area contributed by atoms with Crippen molar-refractivity contribution in [3.63, 3.8) is 0 Å². The van der Waals surface area contributed by atoms with Crippen LogP contribution in [0.4, 0.5) is 0 Å². The fourth-order valence-electron chi connectivity index (χ4n) is 4.91. The molecule has 3 unspecified atom stereocenters. The molecule has 2 heterocycles. The highest BCUT2D eigenvalue weighted by Gasteiger charge is 2.42. The summed E-state index contributed by atoms with van der Waals surface area (Å²) in [6.07, 6.45) is 4.04. The van der Waals surface area contributed by atoms with Gasteiger partial charge in [-0.25, -0.2) is 4.98 Å². The molecule has 35 heavy (non-hydrogen) atoms. The van der Waals surface area contributed by atoms with Gasteiger partial charge in [0.25, 0.3) is 0 Å². The van der Waals surface area contributed by atoms with Crippen LogP contribution in [0, 0.1) is 17.3 Å². The van der Waals surface area contributed by atoms with Gasteiger partial charge in [0, 0.05) is 19.4 Å². The maximum Gasteiger partial charge on any atom is 0.309 e. The summed E-state index contributed by atoms with van der Waals surface area (Å²) in [5.74, 6) is -1.51. The Labute approximate surface area is 208 Å². The van der Waals surface area contributed by atoms with E-state index in [4.69, 9.17) is 4.74 Å². The second-order valence-corrected chi connectivity index (χ2v) is 10.8. The van der Waals surface area contributed by atoms with E-state index in [1.165, 1.54) is 5.57 Å². The lowest BCUT2D eigenvalue weighted by Crippen LogP contribution is -2.45. The molecule has 5 atom stereocenters. The molecule has 0 saturated heterocycles. The molecule has 1 aromatic heterocycles. The third kappa shape index (κ3) is 6.19. The summed E-state index contributed by atoms with van der Waals surface area (Å²) in [7, 11) is 1.93. The molecular weight excluding hydrogens is 444 g/mol.